The third-order valence-electron chi connectivity index (χ3n) is 6.30. The van der Waals surface area contributed by atoms with Gasteiger partial charge in [0.25, 0.3) is 10.0 Å². The maximum Gasteiger partial charge on any atom is 0.261 e. The van der Waals surface area contributed by atoms with E-state index in [1.165, 1.54) is 0 Å². The topological polar surface area (TPSA) is 97.6 Å². The second-order valence-electron chi connectivity index (χ2n) is 9.29. The zero-order chi connectivity index (χ0) is 26.0. The van der Waals surface area contributed by atoms with Crippen LogP contribution in [0.2, 0.25) is 0 Å². The lowest BCUT2D eigenvalue weighted by molar-refractivity contribution is 0.305. The molecule has 0 bridgehead atoms. The highest BCUT2D eigenvalue weighted by atomic mass is 32.2. The molecule has 0 fully saturated rings. The lowest BCUT2D eigenvalue weighted by atomic mass is 9.96. The fourth-order valence-corrected chi connectivity index (χ4v) is 5.32. The number of benzene rings is 2. The average Bonchev–Trinajstić information content (AvgIpc) is 3.20. The van der Waals surface area contributed by atoms with Gasteiger partial charge >= 0.3 is 0 Å². The molecule has 0 aliphatic heterocycles. The van der Waals surface area contributed by atoms with Crippen LogP contribution in [0.25, 0.3) is 11.2 Å². The fourth-order valence-electron chi connectivity index (χ4n) is 4.26. The van der Waals surface area contributed by atoms with E-state index < -0.39 is 10.0 Å². The second kappa shape index (κ2) is 10.1. The van der Waals surface area contributed by atoms with Gasteiger partial charge in [-0.3, -0.25) is 4.72 Å². The van der Waals surface area contributed by atoms with E-state index in [0.717, 1.165) is 46.6 Å². The van der Waals surface area contributed by atoms with E-state index in [1.807, 2.05) is 25.4 Å². The second-order valence-corrected chi connectivity index (χ2v) is 11.0. The highest BCUT2D eigenvalue weighted by molar-refractivity contribution is 7.92. The quantitative estimate of drug-likeness (QED) is 0.317. The predicted molar refractivity (Wildman–Crippen MR) is 146 cm³/mol. The maximum absolute atomic E-state index is 12.7. The van der Waals surface area contributed by atoms with Gasteiger partial charge in [-0.15, -0.1) is 0 Å². The minimum absolute atomic E-state index is 0.223. The number of hydrogen-bond acceptors (Lipinski definition) is 6. The molecular weight excluding hydrogens is 486 g/mol. The first-order chi connectivity index (χ1) is 17.8. The Morgan fingerprint density at radius 3 is 2.49 bits per heavy atom. The van der Waals surface area contributed by atoms with Crippen molar-refractivity contribution in [1.82, 2.24) is 14.6 Å². The van der Waals surface area contributed by atoms with E-state index in [9.17, 15) is 8.42 Å². The molecule has 37 heavy (non-hydrogen) atoms. The monoisotopic (exact) mass is 515 g/mol. The summed E-state index contributed by atoms with van der Waals surface area (Å²) in [6.45, 7) is 4.14. The molecular formula is C28H29N5O3S. The number of allylic oxidation sites excluding steroid dienone is 3. The first kappa shape index (κ1) is 24.6. The minimum Gasteiger partial charge on any atom is -0.497 e. The highest BCUT2D eigenvalue weighted by Gasteiger charge is 2.18. The molecule has 2 N–H and O–H groups in total. The number of nitrogens with zero attached hydrogens (tertiary/aromatic N) is 3. The zero-order valence-electron chi connectivity index (χ0n) is 21.0. The van der Waals surface area contributed by atoms with Gasteiger partial charge in [0.05, 0.1) is 18.2 Å². The Bertz CT molecular complexity index is 1590. The first-order valence-electron chi connectivity index (χ1n) is 12.1. The molecule has 0 amide bonds. The molecule has 9 heteroatoms. The van der Waals surface area contributed by atoms with E-state index in [-0.39, 0.29) is 4.90 Å². The lowest BCUT2D eigenvalue weighted by Gasteiger charge is -2.11. The van der Waals surface area contributed by atoms with Gasteiger partial charge in [0.1, 0.15) is 11.6 Å². The molecule has 2 heterocycles. The summed E-state index contributed by atoms with van der Waals surface area (Å²) in [5.74, 6) is 2.00. The van der Waals surface area contributed by atoms with Crippen molar-refractivity contribution < 1.29 is 13.2 Å². The molecule has 0 radical (unpaired) electrons. The van der Waals surface area contributed by atoms with E-state index in [0.29, 0.717) is 17.4 Å². The number of nitrogens with one attached hydrogen (secondary N) is 2. The Labute approximate surface area is 216 Å². The van der Waals surface area contributed by atoms with Gasteiger partial charge in [-0.25, -0.2) is 17.9 Å². The van der Waals surface area contributed by atoms with Gasteiger partial charge < -0.3 is 10.1 Å². The van der Waals surface area contributed by atoms with Gasteiger partial charge in [-0.1, -0.05) is 24.6 Å². The average molecular weight is 516 g/mol. The zero-order valence-corrected chi connectivity index (χ0v) is 21.8. The Morgan fingerprint density at radius 2 is 1.76 bits per heavy atom. The summed E-state index contributed by atoms with van der Waals surface area (Å²) in [5, 5.41) is 7.78. The Hall–Kier alpha value is -4.11. The molecule has 0 unspecified atom stereocenters. The highest BCUT2D eigenvalue weighted by Crippen LogP contribution is 2.32. The summed E-state index contributed by atoms with van der Waals surface area (Å²) in [4.78, 5) is 5.04. The number of hydrogen-bond donors (Lipinski definition) is 2. The van der Waals surface area contributed by atoms with Gasteiger partial charge in [-0.05, 0) is 85.9 Å². The van der Waals surface area contributed by atoms with Crippen molar-refractivity contribution in [2.75, 3.05) is 17.1 Å². The summed E-state index contributed by atoms with van der Waals surface area (Å²) < 4.78 is 35.2. The number of aromatic nitrogens is 3. The molecule has 190 valence electrons. The van der Waals surface area contributed by atoms with Crippen molar-refractivity contribution in [3.8, 4) is 0 Å². The lowest BCUT2D eigenvalue weighted by Crippen LogP contribution is -2.12. The summed E-state index contributed by atoms with van der Waals surface area (Å²) in [6.07, 6.45) is 9.76. The number of fused-ring (bicyclic) bond motifs is 1. The molecule has 1 aliphatic rings. The standard InChI is InChI=1S/C28H29N5O3S/c1-19-5-12-25(13-6-19)37(34,35)32-23-9-7-22(8-10-23)30-27-14-15-33-28(31-27)26(18-29-33)21-16-20(2)4-11-24(17-21)36-3/h5-15,17-18,20,32H,4,16H2,1-3H3,(H,30,31)/t20-/m1/s1. The number of sulfonamides is 1. The number of methoxy groups -OCH3 is 1. The predicted octanol–water partition coefficient (Wildman–Crippen LogP) is 5.93. The van der Waals surface area contributed by atoms with Crippen molar-refractivity contribution in [2.24, 2.45) is 5.92 Å². The minimum atomic E-state index is -3.66. The fraction of sp³-hybridized carbons (Fsp3) is 0.214. The van der Waals surface area contributed by atoms with Crippen LogP contribution < -0.4 is 10.0 Å². The molecule has 0 spiro atoms. The third kappa shape index (κ3) is 5.51. The molecule has 1 atom stereocenters. The van der Waals surface area contributed by atoms with Gasteiger partial charge in [0.15, 0.2) is 5.65 Å². The smallest absolute Gasteiger partial charge is 0.261 e. The number of rotatable bonds is 7. The molecule has 5 rings (SSSR count). The Balaban J connectivity index is 1.35. The molecule has 0 saturated carbocycles. The number of ether oxygens (including phenoxy) is 1. The third-order valence-corrected chi connectivity index (χ3v) is 7.70. The summed E-state index contributed by atoms with van der Waals surface area (Å²) in [5.41, 5.74) is 5.13. The Morgan fingerprint density at radius 1 is 1.03 bits per heavy atom. The van der Waals surface area contributed by atoms with Crippen LogP contribution in [0.1, 0.15) is 30.9 Å². The van der Waals surface area contributed by atoms with E-state index >= 15 is 0 Å². The van der Waals surface area contributed by atoms with Crippen molar-refractivity contribution in [2.45, 2.75) is 31.6 Å². The summed E-state index contributed by atoms with van der Waals surface area (Å²) >= 11 is 0. The van der Waals surface area contributed by atoms with Crippen LogP contribution in [-0.4, -0.2) is 30.1 Å². The number of anilines is 3. The van der Waals surface area contributed by atoms with Crippen LogP contribution in [0.15, 0.2) is 89.8 Å². The molecule has 2 aromatic carbocycles. The van der Waals surface area contributed by atoms with Crippen molar-refractivity contribution in [3.05, 3.63) is 96.0 Å². The van der Waals surface area contributed by atoms with Gasteiger partial charge in [-0.2, -0.15) is 5.10 Å². The van der Waals surface area contributed by atoms with E-state index in [2.05, 4.69) is 34.2 Å². The molecule has 8 nitrogen and oxygen atoms in total. The molecule has 0 saturated heterocycles. The van der Waals surface area contributed by atoms with E-state index in [4.69, 9.17) is 9.72 Å². The SMILES string of the molecule is COC1=CC[C@@H](C)CC(c2cnn3ccc(Nc4ccc(NS(=O)(=O)c5ccc(C)cc5)cc4)nc23)=C1. The first-order valence-corrected chi connectivity index (χ1v) is 13.5. The summed E-state index contributed by atoms with van der Waals surface area (Å²) in [6, 6.07) is 15.6. The van der Waals surface area contributed by atoms with Crippen molar-refractivity contribution >= 4 is 38.4 Å². The largest absolute Gasteiger partial charge is 0.497 e. The van der Waals surface area contributed by atoms with Crippen molar-refractivity contribution in [3.63, 3.8) is 0 Å². The summed E-state index contributed by atoms with van der Waals surface area (Å²) in [7, 11) is -1.97. The normalized spacial score (nSPS) is 16.0. The van der Waals surface area contributed by atoms with Crippen molar-refractivity contribution in [1.29, 1.82) is 0 Å². The van der Waals surface area contributed by atoms with Gasteiger partial charge in [0, 0.05) is 23.1 Å². The Kier molecular flexibility index (Phi) is 6.71. The maximum atomic E-state index is 12.7. The van der Waals surface area contributed by atoms with E-state index in [1.54, 1.807) is 60.2 Å². The molecule has 2 aromatic heterocycles. The molecule has 4 aromatic rings. The van der Waals surface area contributed by atoms with Crippen LogP contribution in [-0.2, 0) is 14.8 Å². The number of aryl methyl sites for hydroxylation is 1. The van der Waals surface area contributed by atoms with Crippen LogP contribution in [0.3, 0.4) is 0 Å². The van der Waals surface area contributed by atoms with Crippen LogP contribution in [0, 0.1) is 12.8 Å². The van der Waals surface area contributed by atoms with Crippen LogP contribution >= 0.6 is 0 Å². The molecule has 1 aliphatic carbocycles. The van der Waals surface area contributed by atoms with Crippen LogP contribution in [0.5, 0.6) is 0 Å². The van der Waals surface area contributed by atoms with Crippen LogP contribution in [0.4, 0.5) is 17.2 Å². The van der Waals surface area contributed by atoms with Gasteiger partial charge in [0.2, 0.25) is 0 Å².